The van der Waals surface area contributed by atoms with Gasteiger partial charge in [-0.15, -0.1) is 0 Å². The van der Waals surface area contributed by atoms with Gasteiger partial charge in [0.2, 0.25) is 11.1 Å². The maximum Gasteiger partial charge on any atom is 0.233 e. The van der Waals surface area contributed by atoms with Crippen molar-refractivity contribution in [1.29, 1.82) is 10.5 Å². The van der Waals surface area contributed by atoms with Gasteiger partial charge < -0.3 is 5.53 Å². The predicted molar refractivity (Wildman–Crippen MR) is 43.0 cm³/mol. The van der Waals surface area contributed by atoms with E-state index in [1.165, 1.54) is 0 Å². The number of rotatable bonds is 2. The van der Waals surface area contributed by atoms with Crippen LogP contribution in [0.25, 0.3) is 5.53 Å². The molecule has 0 atom stereocenters. The second kappa shape index (κ2) is 2.91. The normalized spacial score (nSPS) is 11.5. The van der Waals surface area contributed by atoms with Gasteiger partial charge in [-0.2, -0.15) is 10.5 Å². The van der Waals surface area contributed by atoms with E-state index in [2.05, 4.69) is 0 Å². The molecule has 12 heavy (non-hydrogen) atoms. The van der Waals surface area contributed by atoms with Crippen molar-refractivity contribution in [2.45, 2.75) is 38.8 Å². The maximum absolute atomic E-state index is 9.49. The number of nitrogens with zero attached hydrogens (tertiary/aromatic N) is 4. The summed E-state index contributed by atoms with van der Waals surface area (Å²) in [5.41, 5.74) is 7.41. The van der Waals surface area contributed by atoms with Crippen molar-refractivity contribution in [3.63, 3.8) is 0 Å². The molecule has 0 aromatic heterocycles. The molecule has 0 bridgehead atoms. The van der Waals surface area contributed by atoms with Gasteiger partial charge in [0, 0.05) is 27.7 Å². The first-order chi connectivity index (χ1) is 5.28. The molecule has 0 aromatic rings. The predicted octanol–water partition coefficient (Wildman–Crippen LogP) is 1.62. The van der Waals surface area contributed by atoms with E-state index < -0.39 is 11.1 Å². The Bertz CT molecular complexity index is 246. The highest BCUT2D eigenvalue weighted by atomic mass is 15.3. The molecule has 0 aliphatic rings. The lowest BCUT2D eigenvalue weighted by Gasteiger charge is -2.27. The minimum atomic E-state index is -1.04. The van der Waals surface area contributed by atoms with E-state index in [9.17, 15) is 5.53 Å². The molecule has 0 spiro atoms. The van der Waals surface area contributed by atoms with Crippen LogP contribution < -0.4 is 0 Å². The van der Waals surface area contributed by atoms with Crippen molar-refractivity contribution >= 4 is 0 Å². The Labute approximate surface area is 72.5 Å². The van der Waals surface area contributed by atoms with Crippen LogP contribution in [0.1, 0.15) is 27.7 Å². The summed E-state index contributed by atoms with van der Waals surface area (Å²) >= 11 is 0. The molecule has 0 rings (SSSR count). The van der Waals surface area contributed by atoms with E-state index in [4.69, 9.17) is 10.5 Å². The van der Waals surface area contributed by atoms with Crippen LogP contribution in [0.3, 0.4) is 0 Å². The summed E-state index contributed by atoms with van der Waals surface area (Å²) in [6.45, 7) is 6.19. The molecule has 0 radical (unpaired) electrons. The standard InChI is InChI=1S/C8H12N4/c1-7(2,5-9)12(11)8(3,4)6-10/h1-4H3. The lowest BCUT2D eigenvalue weighted by atomic mass is 9.99. The molecule has 0 aliphatic heterocycles. The van der Waals surface area contributed by atoms with Crippen molar-refractivity contribution in [1.82, 2.24) is 0 Å². The Morgan fingerprint density at radius 3 is 1.42 bits per heavy atom. The summed E-state index contributed by atoms with van der Waals surface area (Å²) in [4.78, 5) is 0. The van der Waals surface area contributed by atoms with Gasteiger partial charge in [-0.1, -0.05) is 0 Å². The molecule has 4 nitrogen and oxygen atoms in total. The summed E-state index contributed by atoms with van der Waals surface area (Å²) in [6, 6.07) is 3.81. The average Bonchev–Trinajstić information content (AvgIpc) is 2.03. The fourth-order valence-electron chi connectivity index (χ4n) is 0.793. The lowest BCUT2D eigenvalue weighted by molar-refractivity contribution is -0.655. The van der Waals surface area contributed by atoms with Crippen LogP contribution >= 0.6 is 0 Å². The smallest absolute Gasteiger partial charge is 0.233 e. The lowest BCUT2D eigenvalue weighted by Crippen LogP contribution is -2.45. The Morgan fingerprint density at radius 2 is 1.25 bits per heavy atom. The van der Waals surface area contributed by atoms with Crippen molar-refractivity contribution in [3.05, 3.63) is 5.53 Å². The second-order valence-corrected chi connectivity index (χ2v) is 3.65. The van der Waals surface area contributed by atoms with E-state index in [1.54, 1.807) is 27.7 Å². The van der Waals surface area contributed by atoms with Gasteiger partial charge in [0.1, 0.15) is 12.1 Å². The van der Waals surface area contributed by atoms with Gasteiger partial charge >= 0.3 is 0 Å². The minimum Gasteiger partial charge on any atom is -0.504 e. The molecule has 4 heteroatoms. The first kappa shape index (κ1) is 10.6. The van der Waals surface area contributed by atoms with Gasteiger partial charge in [0.15, 0.2) is 0 Å². The van der Waals surface area contributed by atoms with E-state index in [0.29, 0.717) is 0 Å². The highest BCUT2D eigenvalue weighted by Gasteiger charge is 2.37. The van der Waals surface area contributed by atoms with Crippen LogP contribution in [-0.2, 0) is 0 Å². The third kappa shape index (κ3) is 1.79. The Balaban J connectivity index is 4.92. The first-order valence-electron chi connectivity index (χ1n) is 3.59. The first-order valence-corrected chi connectivity index (χ1v) is 3.59. The molecule has 0 amide bonds. The zero-order valence-corrected chi connectivity index (χ0v) is 7.79. The molecule has 0 N–H and O–H groups in total. The topological polar surface area (TPSA) is 72.9 Å². The fraction of sp³-hybridized carbons (Fsp3) is 0.750. The zero-order valence-electron chi connectivity index (χ0n) is 7.79. The van der Waals surface area contributed by atoms with Gasteiger partial charge in [-0.3, -0.25) is 4.70 Å². The largest absolute Gasteiger partial charge is 0.504 e. The number of nitriles is 2. The summed E-state index contributed by atoms with van der Waals surface area (Å²) in [6.07, 6.45) is 0. The SMILES string of the molecule is CC(C)(C#N)[N+](=[N-])C(C)(C)C#N. The van der Waals surface area contributed by atoms with Crippen molar-refractivity contribution in [3.8, 4) is 12.1 Å². The molecular formula is C8H12N4. The van der Waals surface area contributed by atoms with Gasteiger partial charge in [-0.25, -0.2) is 0 Å². The second-order valence-electron chi connectivity index (χ2n) is 3.65. The third-order valence-corrected chi connectivity index (χ3v) is 1.61. The summed E-state index contributed by atoms with van der Waals surface area (Å²) in [7, 11) is 0. The van der Waals surface area contributed by atoms with E-state index in [0.717, 1.165) is 4.70 Å². The minimum absolute atomic E-state index is 0.764. The van der Waals surface area contributed by atoms with Crippen molar-refractivity contribution < 1.29 is 4.70 Å². The summed E-state index contributed by atoms with van der Waals surface area (Å²) < 4.78 is 0.764. The van der Waals surface area contributed by atoms with Crippen molar-refractivity contribution in [2.24, 2.45) is 0 Å². The van der Waals surface area contributed by atoms with Gasteiger partial charge in [-0.05, 0) is 0 Å². The Kier molecular flexibility index (Phi) is 2.56. The average molecular weight is 164 g/mol. The molecule has 0 saturated carbocycles. The Hall–Kier alpha value is -1.42. The van der Waals surface area contributed by atoms with Gasteiger partial charge in [0.05, 0.1) is 0 Å². The van der Waals surface area contributed by atoms with Crippen LogP contribution in [0, 0.1) is 22.7 Å². The summed E-state index contributed by atoms with van der Waals surface area (Å²) in [5, 5.41) is 17.3. The van der Waals surface area contributed by atoms with E-state index in [-0.39, 0.29) is 0 Å². The highest BCUT2D eigenvalue weighted by Crippen LogP contribution is 2.18. The van der Waals surface area contributed by atoms with Crippen LogP contribution in [0.5, 0.6) is 0 Å². The van der Waals surface area contributed by atoms with E-state index >= 15 is 0 Å². The highest BCUT2D eigenvalue weighted by molar-refractivity contribution is 4.99. The van der Waals surface area contributed by atoms with E-state index in [1.807, 2.05) is 12.1 Å². The molecule has 0 unspecified atom stereocenters. The molecule has 0 heterocycles. The molecule has 0 aliphatic carbocycles. The van der Waals surface area contributed by atoms with Crippen LogP contribution in [0.15, 0.2) is 0 Å². The van der Waals surface area contributed by atoms with Gasteiger partial charge in [0.25, 0.3) is 0 Å². The Morgan fingerprint density at radius 1 is 1.00 bits per heavy atom. The van der Waals surface area contributed by atoms with Crippen LogP contribution in [-0.4, -0.2) is 15.8 Å². The molecule has 64 valence electrons. The zero-order chi connectivity index (χ0) is 9.99. The monoisotopic (exact) mass is 164 g/mol. The number of hydrogen-bond donors (Lipinski definition) is 0. The molecule has 0 saturated heterocycles. The maximum atomic E-state index is 9.49. The third-order valence-electron chi connectivity index (χ3n) is 1.61. The van der Waals surface area contributed by atoms with Crippen LogP contribution in [0.4, 0.5) is 0 Å². The van der Waals surface area contributed by atoms with Crippen LogP contribution in [0.2, 0.25) is 0 Å². The van der Waals surface area contributed by atoms with Crippen molar-refractivity contribution in [2.75, 3.05) is 0 Å². The quantitative estimate of drug-likeness (QED) is 0.459. The summed E-state index contributed by atoms with van der Waals surface area (Å²) in [5.74, 6) is 0. The fourth-order valence-corrected chi connectivity index (χ4v) is 0.793. The number of hydrogen-bond acceptors (Lipinski definition) is 2. The molecular weight excluding hydrogens is 152 g/mol. The molecule has 0 aromatic carbocycles. The molecule has 0 fully saturated rings.